The van der Waals surface area contributed by atoms with E-state index in [1.54, 1.807) is 12.3 Å². The summed E-state index contributed by atoms with van der Waals surface area (Å²) in [6, 6.07) is 13.9. The fourth-order valence-corrected chi connectivity index (χ4v) is 2.04. The number of nitrogens with one attached hydrogen (secondary N) is 1. The largest absolute Gasteiger partial charge is 0.382 e. The molecular formula is C15H17ClN2O. The van der Waals surface area contributed by atoms with Gasteiger partial charge in [-0.05, 0) is 24.6 Å². The molecule has 0 amide bonds. The molecule has 0 fully saturated rings. The Labute approximate surface area is 118 Å². The fraction of sp³-hybridized carbons (Fsp3) is 0.267. The number of halogens is 1. The molecule has 1 aromatic heterocycles. The van der Waals surface area contributed by atoms with Crippen molar-refractivity contribution >= 4 is 17.3 Å². The molecule has 0 radical (unpaired) electrons. The van der Waals surface area contributed by atoms with Crippen LogP contribution in [0.4, 0.5) is 5.69 Å². The number of ether oxygens (including phenoxy) is 1. The highest BCUT2D eigenvalue weighted by atomic mass is 35.5. The van der Waals surface area contributed by atoms with Crippen molar-refractivity contribution in [3.05, 3.63) is 59.4 Å². The minimum absolute atomic E-state index is 0.0261. The van der Waals surface area contributed by atoms with Crippen LogP contribution in [0, 0.1) is 0 Å². The topological polar surface area (TPSA) is 34.1 Å². The van der Waals surface area contributed by atoms with Gasteiger partial charge in [0.05, 0.1) is 6.10 Å². The lowest BCUT2D eigenvalue weighted by atomic mass is 10.1. The molecule has 3 nitrogen and oxygen atoms in total. The first-order chi connectivity index (χ1) is 9.29. The van der Waals surface area contributed by atoms with Gasteiger partial charge in [-0.1, -0.05) is 41.9 Å². The second kappa shape index (κ2) is 7.12. The molecule has 0 bridgehead atoms. The molecule has 2 aromatic rings. The molecule has 0 aliphatic rings. The fourth-order valence-electron chi connectivity index (χ4n) is 1.86. The first kappa shape index (κ1) is 13.8. The molecule has 0 saturated heterocycles. The van der Waals surface area contributed by atoms with Crippen molar-refractivity contribution < 1.29 is 4.74 Å². The van der Waals surface area contributed by atoms with Gasteiger partial charge >= 0.3 is 0 Å². The van der Waals surface area contributed by atoms with Gasteiger partial charge in [0.1, 0.15) is 5.15 Å². The second-order valence-corrected chi connectivity index (χ2v) is 4.49. The Morgan fingerprint density at radius 3 is 2.74 bits per heavy atom. The van der Waals surface area contributed by atoms with Crippen molar-refractivity contribution in [3.63, 3.8) is 0 Å². The van der Waals surface area contributed by atoms with E-state index in [0.717, 1.165) is 11.3 Å². The molecule has 19 heavy (non-hydrogen) atoms. The number of benzene rings is 1. The van der Waals surface area contributed by atoms with Gasteiger partial charge in [0.15, 0.2) is 0 Å². The number of anilines is 1. The second-order valence-electron chi connectivity index (χ2n) is 4.10. The van der Waals surface area contributed by atoms with Crippen molar-refractivity contribution in [3.8, 4) is 0 Å². The van der Waals surface area contributed by atoms with E-state index in [1.807, 2.05) is 31.2 Å². The molecule has 100 valence electrons. The van der Waals surface area contributed by atoms with Crippen LogP contribution < -0.4 is 5.32 Å². The van der Waals surface area contributed by atoms with E-state index in [9.17, 15) is 0 Å². The number of pyridine rings is 1. The van der Waals surface area contributed by atoms with Crippen molar-refractivity contribution in [2.24, 2.45) is 0 Å². The SMILES string of the molecule is CCOC(CNc1ccnc(Cl)c1)c1ccccc1. The highest BCUT2D eigenvalue weighted by Gasteiger charge is 2.10. The Bertz CT molecular complexity index is 505. The molecule has 1 unspecified atom stereocenters. The first-order valence-corrected chi connectivity index (χ1v) is 6.69. The molecule has 4 heteroatoms. The highest BCUT2D eigenvalue weighted by molar-refractivity contribution is 6.29. The molecule has 1 aromatic carbocycles. The summed E-state index contributed by atoms with van der Waals surface area (Å²) in [6.07, 6.45) is 1.71. The van der Waals surface area contributed by atoms with Crippen molar-refractivity contribution in [1.29, 1.82) is 0 Å². The Kier molecular flexibility index (Phi) is 5.19. The maximum atomic E-state index is 5.86. The minimum Gasteiger partial charge on any atom is -0.382 e. The van der Waals surface area contributed by atoms with Crippen molar-refractivity contribution in [2.45, 2.75) is 13.0 Å². The predicted octanol–water partition coefficient (Wildman–Crippen LogP) is 3.92. The van der Waals surface area contributed by atoms with Gasteiger partial charge in [-0.25, -0.2) is 4.98 Å². The summed E-state index contributed by atoms with van der Waals surface area (Å²) in [4.78, 5) is 3.96. The highest BCUT2D eigenvalue weighted by Crippen LogP contribution is 2.19. The number of aromatic nitrogens is 1. The normalized spacial score (nSPS) is 12.1. The van der Waals surface area contributed by atoms with Crippen molar-refractivity contribution in [1.82, 2.24) is 4.98 Å². The molecular weight excluding hydrogens is 260 g/mol. The van der Waals surface area contributed by atoms with Gasteiger partial charge in [0.2, 0.25) is 0 Å². The van der Waals surface area contributed by atoms with Crippen LogP contribution in [0.2, 0.25) is 5.15 Å². The quantitative estimate of drug-likeness (QED) is 0.812. The summed E-state index contributed by atoms with van der Waals surface area (Å²) >= 11 is 5.86. The Morgan fingerprint density at radius 1 is 1.26 bits per heavy atom. The lowest BCUT2D eigenvalue weighted by Gasteiger charge is -2.18. The molecule has 0 aliphatic heterocycles. The zero-order valence-corrected chi connectivity index (χ0v) is 11.6. The van der Waals surface area contributed by atoms with Crippen LogP contribution in [0.1, 0.15) is 18.6 Å². The summed E-state index contributed by atoms with van der Waals surface area (Å²) < 4.78 is 5.77. The zero-order valence-electron chi connectivity index (χ0n) is 10.8. The molecule has 2 rings (SSSR count). The lowest BCUT2D eigenvalue weighted by molar-refractivity contribution is 0.0719. The van der Waals surface area contributed by atoms with E-state index in [2.05, 4.69) is 22.4 Å². The molecule has 1 atom stereocenters. The van der Waals surface area contributed by atoms with E-state index < -0.39 is 0 Å². The van der Waals surface area contributed by atoms with Crippen LogP contribution in [0.25, 0.3) is 0 Å². The zero-order chi connectivity index (χ0) is 13.5. The van der Waals surface area contributed by atoms with E-state index in [0.29, 0.717) is 18.3 Å². The van der Waals surface area contributed by atoms with Gasteiger partial charge < -0.3 is 10.1 Å². The van der Waals surface area contributed by atoms with Gasteiger partial charge in [-0.3, -0.25) is 0 Å². The molecule has 1 heterocycles. The maximum absolute atomic E-state index is 5.86. The third kappa shape index (κ3) is 4.23. The molecule has 1 N–H and O–H groups in total. The Balaban J connectivity index is 2.01. The molecule has 0 spiro atoms. The summed E-state index contributed by atoms with van der Waals surface area (Å²) in [5.74, 6) is 0. The summed E-state index contributed by atoms with van der Waals surface area (Å²) in [7, 11) is 0. The number of nitrogens with zero attached hydrogens (tertiary/aromatic N) is 1. The lowest BCUT2D eigenvalue weighted by Crippen LogP contribution is -2.15. The van der Waals surface area contributed by atoms with E-state index in [-0.39, 0.29) is 6.10 Å². The van der Waals surface area contributed by atoms with E-state index in [4.69, 9.17) is 16.3 Å². The van der Waals surface area contributed by atoms with Crippen LogP contribution in [-0.4, -0.2) is 18.1 Å². The third-order valence-corrected chi connectivity index (χ3v) is 2.96. The summed E-state index contributed by atoms with van der Waals surface area (Å²) in [5.41, 5.74) is 2.11. The third-order valence-electron chi connectivity index (χ3n) is 2.76. The van der Waals surface area contributed by atoms with Crippen LogP contribution in [0.3, 0.4) is 0 Å². The predicted molar refractivity (Wildman–Crippen MR) is 78.5 cm³/mol. The number of rotatable bonds is 6. The van der Waals surface area contributed by atoms with Crippen molar-refractivity contribution in [2.75, 3.05) is 18.5 Å². The Hall–Kier alpha value is -1.58. The number of hydrogen-bond donors (Lipinski definition) is 1. The smallest absolute Gasteiger partial charge is 0.131 e. The van der Waals surface area contributed by atoms with Gasteiger partial charge in [-0.15, -0.1) is 0 Å². The minimum atomic E-state index is 0.0261. The van der Waals surface area contributed by atoms with Gasteiger partial charge in [0, 0.05) is 25.0 Å². The van der Waals surface area contributed by atoms with Crippen LogP contribution in [0.15, 0.2) is 48.7 Å². The van der Waals surface area contributed by atoms with Crippen LogP contribution in [0.5, 0.6) is 0 Å². The standard InChI is InChI=1S/C15H17ClN2O/c1-2-19-14(12-6-4-3-5-7-12)11-18-13-8-9-17-15(16)10-13/h3-10,14H,2,11H2,1H3,(H,17,18). The molecule has 0 saturated carbocycles. The van der Waals surface area contributed by atoms with Crippen LogP contribution >= 0.6 is 11.6 Å². The first-order valence-electron chi connectivity index (χ1n) is 6.31. The van der Waals surface area contributed by atoms with Gasteiger partial charge in [-0.2, -0.15) is 0 Å². The Morgan fingerprint density at radius 2 is 2.05 bits per heavy atom. The molecule has 0 aliphatic carbocycles. The van der Waals surface area contributed by atoms with E-state index >= 15 is 0 Å². The summed E-state index contributed by atoms with van der Waals surface area (Å²) in [5, 5.41) is 3.80. The average Bonchev–Trinajstić information content (AvgIpc) is 2.44. The van der Waals surface area contributed by atoms with Gasteiger partial charge in [0.25, 0.3) is 0 Å². The number of hydrogen-bond acceptors (Lipinski definition) is 3. The maximum Gasteiger partial charge on any atom is 0.131 e. The van der Waals surface area contributed by atoms with E-state index in [1.165, 1.54) is 0 Å². The van der Waals surface area contributed by atoms with Crippen LogP contribution in [-0.2, 0) is 4.74 Å². The monoisotopic (exact) mass is 276 g/mol. The average molecular weight is 277 g/mol. The summed E-state index contributed by atoms with van der Waals surface area (Å²) in [6.45, 7) is 3.37.